The van der Waals surface area contributed by atoms with Crippen LogP contribution < -0.4 is 5.32 Å². The van der Waals surface area contributed by atoms with Crippen molar-refractivity contribution in [3.8, 4) is 0 Å². The normalized spacial score (nSPS) is 17.7. The van der Waals surface area contributed by atoms with Gasteiger partial charge < -0.3 is 5.32 Å². The van der Waals surface area contributed by atoms with E-state index >= 15 is 0 Å². The van der Waals surface area contributed by atoms with E-state index in [1.165, 1.54) is 16.7 Å². The molecule has 0 radical (unpaired) electrons. The number of nitrogens with one attached hydrogen (secondary N) is 1. The predicted octanol–water partition coefficient (Wildman–Crippen LogP) is 4.72. The molecule has 1 atom stereocenters. The lowest BCUT2D eigenvalue weighted by Gasteiger charge is -2.15. The molecule has 2 amide bonds. The standard InChI is InChI=1S/C16H16ClF3N2O2S2/c1-2-12-14(24)22(15(25)26-12)7-3-4-13(23)21-11-8-9(16(18,19)20)5-6-10(11)17/h5-6,8,12H,2-4,7H2,1H3,(H,21,23). The number of thioether (sulfide) groups is 1. The molecule has 4 nitrogen and oxygen atoms in total. The summed E-state index contributed by atoms with van der Waals surface area (Å²) in [5.41, 5.74) is -0.992. The summed E-state index contributed by atoms with van der Waals surface area (Å²) < 4.78 is 38.7. The van der Waals surface area contributed by atoms with Crippen molar-refractivity contribution in [2.75, 3.05) is 11.9 Å². The van der Waals surface area contributed by atoms with Crippen molar-refractivity contribution < 1.29 is 22.8 Å². The first-order valence-corrected chi connectivity index (χ1v) is 9.48. The van der Waals surface area contributed by atoms with E-state index in [4.69, 9.17) is 23.8 Å². The highest BCUT2D eigenvalue weighted by atomic mass is 35.5. The molecule has 0 aromatic heterocycles. The fourth-order valence-corrected chi connectivity index (χ4v) is 4.01. The first kappa shape index (κ1) is 21.0. The van der Waals surface area contributed by atoms with E-state index in [-0.39, 0.29) is 28.3 Å². The lowest BCUT2D eigenvalue weighted by Crippen LogP contribution is -2.32. The van der Waals surface area contributed by atoms with Gasteiger partial charge in [0.15, 0.2) is 0 Å². The Labute approximate surface area is 163 Å². The monoisotopic (exact) mass is 424 g/mol. The van der Waals surface area contributed by atoms with Gasteiger partial charge in [0.1, 0.15) is 4.32 Å². The molecule has 1 saturated heterocycles. The number of hydrogen-bond acceptors (Lipinski definition) is 4. The van der Waals surface area contributed by atoms with Gasteiger partial charge >= 0.3 is 6.18 Å². The van der Waals surface area contributed by atoms with Crippen LogP contribution in [0.25, 0.3) is 0 Å². The number of carbonyl (C=O) groups is 2. The van der Waals surface area contributed by atoms with Crippen LogP contribution in [0.5, 0.6) is 0 Å². The Morgan fingerprint density at radius 2 is 2.12 bits per heavy atom. The number of benzene rings is 1. The summed E-state index contributed by atoms with van der Waals surface area (Å²) in [5, 5.41) is 2.22. The minimum Gasteiger partial charge on any atom is -0.325 e. The van der Waals surface area contributed by atoms with Gasteiger partial charge in [0.25, 0.3) is 0 Å². The van der Waals surface area contributed by atoms with Crippen molar-refractivity contribution in [3.05, 3.63) is 28.8 Å². The summed E-state index contributed by atoms with van der Waals surface area (Å²) in [6.07, 6.45) is -3.48. The number of anilines is 1. The number of nitrogens with zero attached hydrogens (tertiary/aromatic N) is 1. The summed E-state index contributed by atoms with van der Waals surface area (Å²) in [6, 6.07) is 2.73. The molecule has 0 saturated carbocycles. The van der Waals surface area contributed by atoms with Crippen LogP contribution in [-0.2, 0) is 15.8 Å². The van der Waals surface area contributed by atoms with Crippen LogP contribution in [0.2, 0.25) is 5.02 Å². The molecule has 1 aliphatic rings. The number of halogens is 4. The summed E-state index contributed by atoms with van der Waals surface area (Å²) in [5.74, 6) is -0.549. The van der Waals surface area contributed by atoms with E-state index in [0.29, 0.717) is 23.7 Å². The highest BCUT2D eigenvalue weighted by Gasteiger charge is 2.35. The summed E-state index contributed by atoms with van der Waals surface area (Å²) in [4.78, 5) is 25.5. The zero-order chi connectivity index (χ0) is 19.5. The molecule has 1 N–H and O–H groups in total. The van der Waals surface area contributed by atoms with Crippen LogP contribution in [0.15, 0.2) is 18.2 Å². The van der Waals surface area contributed by atoms with Gasteiger partial charge in [0.2, 0.25) is 11.8 Å². The highest BCUT2D eigenvalue weighted by molar-refractivity contribution is 8.24. The third-order valence-electron chi connectivity index (χ3n) is 3.73. The van der Waals surface area contributed by atoms with Crippen LogP contribution in [0.4, 0.5) is 18.9 Å². The van der Waals surface area contributed by atoms with Gasteiger partial charge in [-0.3, -0.25) is 14.5 Å². The lowest BCUT2D eigenvalue weighted by molar-refractivity contribution is -0.137. The van der Waals surface area contributed by atoms with Crippen LogP contribution in [0.1, 0.15) is 31.7 Å². The van der Waals surface area contributed by atoms with Gasteiger partial charge in [0, 0.05) is 13.0 Å². The van der Waals surface area contributed by atoms with E-state index in [1.807, 2.05) is 6.92 Å². The molecule has 1 unspecified atom stereocenters. The maximum absolute atomic E-state index is 12.7. The average Bonchev–Trinajstić information content (AvgIpc) is 2.83. The Morgan fingerprint density at radius 3 is 2.69 bits per heavy atom. The number of hydrogen-bond donors (Lipinski definition) is 1. The molecule has 1 aromatic carbocycles. The average molecular weight is 425 g/mol. The number of alkyl halides is 3. The van der Waals surface area contributed by atoms with Gasteiger partial charge in [-0.05, 0) is 31.0 Å². The molecule has 0 spiro atoms. The van der Waals surface area contributed by atoms with E-state index in [0.717, 1.165) is 18.2 Å². The molecule has 1 aromatic rings. The van der Waals surface area contributed by atoms with Crippen LogP contribution in [0.3, 0.4) is 0 Å². The third kappa shape index (κ3) is 5.11. The second kappa shape index (κ2) is 8.58. The molecule has 26 heavy (non-hydrogen) atoms. The maximum atomic E-state index is 12.7. The minimum absolute atomic E-state index is 0.0180. The topological polar surface area (TPSA) is 49.4 Å². The molecule has 1 heterocycles. The molecule has 2 rings (SSSR count). The van der Waals surface area contributed by atoms with Gasteiger partial charge in [-0.15, -0.1) is 0 Å². The molecule has 1 fully saturated rings. The maximum Gasteiger partial charge on any atom is 0.416 e. The van der Waals surface area contributed by atoms with Gasteiger partial charge in [-0.1, -0.05) is 42.5 Å². The fraction of sp³-hybridized carbons (Fsp3) is 0.438. The Hall–Kier alpha value is -1.32. The number of amides is 2. The van der Waals surface area contributed by atoms with Crippen molar-refractivity contribution in [1.82, 2.24) is 4.90 Å². The molecule has 1 aliphatic heterocycles. The largest absolute Gasteiger partial charge is 0.416 e. The zero-order valence-corrected chi connectivity index (χ0v) is 16.1. The number of carbonyl (C=O) groups excluding carboxylic acids is 2. The zero-order valence-electron chi connectivity index (χ0n) is 13.7. The minimum atomic E-state index is -4.52. The predicted molar refractivity (Wildman–Crippen MR) is 100 cm³/mol. The molecular weight excluding hydrogens is 409 g/mol. The molecule has 0 bridgehead atoms. The Bertz CT molecular complexity index is 728. The Kier molecular flexibility index (Phi) is 6.92. The lowest BCUT2D eigenvalue weighted by atomic mass is 10.2. The van der Waals surface area contributed by atoms with Crippen molar-refractivity contribution in [2.24, 2.45) is 0 Å². The molecule has 10 heteroatoms. The van der Waals surface area contributed by atoms with Crippen molar-refractivity contribution >= 4 is 57.4 Å². The number of rotatable bonds is 6. The molecule has 0 aliphatic carbocycles. The third-order valence-corrected chi connectivity index (χ3v) is 5.81. The van der Waals surface area contributed by atoms with Crippen molar-refractivity contribution in [2.45, 2.75) is 37.6 Å². The quantitative estimate of drug-likeness (QED) is 0.671. The van der Waals surface area contributed by atoms with Gasteiger partial charge in [-0.25, -0.2) is 0 Å². The summed E-state index contributed by atoms with van der Waals surface area (Å²) >= 11 is 12.3. The number of thiocarbonyl (C=S) groups is 1. The fourth-order valence-electron chi connectivity index (χ4n) is 2.37. The van der Waals surface area contributed by atoms with Crippen LogP contribution >= 0.6 is 35.6 Å². The first-order valence-electron chi connectivity index (χ1n) is 7.82. The van der Waals surface area contributed by atoms with E-state index in [1.54, 1.807) is 0 Å². The van der Waals surface area contributed by atoms with Crippen molar-refractivity contribution in [3.63, 3.8) is 0 Å². The second-order valence-electron chi connectivity index (χ2n) is 5.61. The van der Waals surface area contributed by atoms with Gasteiger partial charge in [-0.2, -0.15) is 13.2 Å². The molecular formula is C16H16ClF3N2O2S2. The van der Waals surface area contributed by atoms with E-state index in [2.05, 4.69) is 5.32 Å². The molecule has 142 valence electrons. The first-order chi connectivity index (χ1) is 12.1. The van der Waals surface area contributed by atoms with E-state index in [9.17, 15) is 22.8 Å². The Morgan fingerprint density at radius 1 is 1.42 bits per heavy atom. The second-order valence-corrected chi connectivity index (χ2v) is 7.86. The summed E-state index contributed by atoms with van der Waals surface area (Å²) in [6.45, 7) is 2.19. The smallest absolute Gasteiger partial charge is 0.325 e. The highest BCUT2D eigenvalue weighted by Crippen LogP contribution is 2.34. The van der Waals surface area contributed by atoms with E-state index < -0.39 is 17.6 Å². The van der Waals surface area contributed by atoms with Crippen LogP contribution in [-0.4, -0.2) is 32.8 Å². The Balaban J connectivity index is 1.90. The van der Waals surface area contributed by atoms with Crippen LogP contribution in [0, 0.1) is 0 Å². The summed E-state index contributed by atoms with van der Waals surface area (Å²) in [7, 11) is 0. The van der Waals surface area contributed by atoms with Gasteiger partial charge in [0.05, 0.1) is 21.5 Å². The van der Waals surface area contributed by atoms with Crippen molar-refractivity contribution in [1.29, 1.82) is 0 Å². The SMILES string of the molecule is CCC1SC(=S)N(CCCC(=O)Nc2cc(C(F)(F)F)ccc2Cl)C1=O.